The van der Waals surface area contributed by atoms with Crippen molar-refractivity contribution < 1.29 is 14.4 Å². The van der Waals surface area contributed by atoms with Crippen LogP contribution in [0.4, 0.5) is 4.79 Å². The van der Waals surface area contributed by atoms with Gasteiger partial charge in [-0.05, 0) is 24.3 Å². The lowest BCUT2D eigenvalue weighted by atomic mass is 10.3. The van der Waals surface area contributed by atoms with Gasteiger partial charge in [0, 0.05) is 18.8 Å². The fraction of sp³-hybridized carbons (Fsp3) is 0.167. The van der Waals surface area contributed by atoms with Crippen LogP contribution >= 0.6 is 0 Å². The van der Waals surface area contributed by atoms with Crippen LogP contribution in [0.15, 0.2) is 30.5 Å². The Balaban J connectivity index is 2.04. The molecule has 0 saturated carbocycles. The van der Waals surface area contributed by atoms with Gasteiger partial charge in [0.1, 0.15) is 0 Å². The Morgan fingerprint density at radius 1 is 1.27 bits per heavy atom. The number of imide groups is 2. The molecule has 10 nitrogen and oxygen atoms in total. The number of hydrogen-bond donors (Lipinski definition) is 2. The van der Waals surface area contributed by atoms with Crippen LogP contribution in [0, 0.1) is 0 Å². The molecule has 0 aromatic carbocycles. The highest BCUT2D eigenvalue weighted by Gasteiger charge is 2.18. The number of carbonyl (C=O) groups excluding carboxylic acids is 3. The largest absolute Gasteiger partial charge is 0.335 e. The van der Waals surface area contributed by atoms with Crippen molar-refractivity contribution in [2.75, 3.05) is 0 Å². The van der Waals surface area contributed by atoms with Crippen LogP contribution in [-0.4, -0.2) is 42.6 Å². The van der Waals surface area contributed by atoms with Gasteiger partial charge in [0.05, 0.1) is 0 Å². The van der Waals surface area contributed by atoms with E-state index in [0.717, 1.165) is 4.80 Å². The highest BCUT2D eigenvalue weighted by Crippen LogP contribution is 2.03. The van der Waals surface area contributed by atoms with Gasteiger partial charge in [0.15, 0.2) is 5.82 Å². The molecule has 0 atom stereocenters. The number of tetrazole rings is 1. The van der Waals surface area contributed by atoms with Crippen LogP contribution in [0.25, 0.3) is 5.82 Å². The van der Waals surface area contributed by atoms with Gasteiger partial charge in [-0.2, -0.15) is 0 Å². The van der Waals surface area contributed by atoms with Crippen molar-refractivity contribution in [3.8, 4) is 5.82 Å². The zero-order valence-corrected chi connectivity index (χ0v) is 11.9. The van der Waals surface area contributed by atoms with E-state index in [0.29, 0.717) is 5.82 Å². The molecule has 0 spiro atoms. The topological polar surface area (TPSA) is 124 Å². The molecule has 10 heteroatoms. The lowest BCUT2D eigenvalue weighted by Gasteiger charge is -2.03. The van der Waals surface area contributed by atoms with Crippen molar-refractivity contribution in [1.29, 1.82) is 0 Å². The summed E-state index contributed by atoms with van der Waals surface area (Å²) < 4.78 is 1.72. The molecule has 0 aliphatic carbocycles. The first-order chi connectivity index (χ1) is 10.4. The number of carbonyl (C=O) groups is 3. The summed E-state index contributed by atoms with van der Waals surface area (Å²) in [6, 6.07) is 2.50. The predicted molar refractivity (Wildman–Crippen MR) is 73.9 cm³/mol. The number of hydrogen-bond acceptors (Lipinski definition) is 6. The summed E-state index contributed by atoms with van der Waals surface area (Å²) in [5.74, 6) is -1.29. The van der Waals surface area contributed by atoms with E-state index in [1.807, 2.05) is 10.6 Å². The van der Waals surface area contributed by atoms with Crippen molar-refractivity contribution in [3.63, 3.8) is 0 Å². The van der Waals surface area contributed by atoms with Gasteiger partial charge in [-0.1, -0.05) is 6.58 Å². The van der Waals surface area contributed by atoms with Gasteiger partial charge in [0.25, 0.3) is 11.7 Å². The Labute approximate surface area is 124 Å². The van der Waals surface area contributed by atoms with E-state index in [1.54, 1.807) is 29.9 Å². The van der Waals surface area contributed by atoms with Crippen LogP contribution in [0.2, 0.25) is 0 Å². The summed E-state index contributed by atoms with van der Waals surface area (Å²) >= 11 is 0. The third-order valence-corrected chi connectivity index (χ3v) is 2.58. The zero-order chi connectivity index (χ0) is 16.3. The molecule has 0 radical (unpaired) electrons. The zero-order valence-electron chi connectivity index (χ0n) is 11.9. The average molecular weight is 303 g/mol. The predicted octanol–water partition coefficient (Wildman–Crippen LogP) is -0.457. The Hall–Kier alpha value is -3.30. The number of rotatable bonds is 3. The van der Waals surface area contributed by atoms with E-state index in [9.17, 15) is 14.4 Å². The van der Waals surface area contributed by atoms with Gasteiger partial charge in [-0.3, -0.25) is 20.2 Å². The summed E-state index contributed by atoms with van der Waals surface area (Å²) in [7, 11) is 1.77. The quantitative estimate of drug-likeness (QED) is 0.740. The summed E-state index contributed by atoms with van der Waals surface area (Å²) in [6.45, 7) is 4.80. The Kier molecular flexibility index (Phi) is 4.11. The van der Waals surface area contributed by atoms with Crippen LogP contribution in [0.3, 0.4) is 0 Å². The SMILES string of the molecule is C=C(C)C(=O)NC(=O)NC(=O)c1nnn(-c2cccn2C)n1. The minimum atomic E-state index is -0.992. The second-order valence-electron chi connectivity index (χ2n) is 4.40. The van der Waals surface area contributed by atoms with Gasteiger partial charge >= 0.3 is 11.9 Å². The Bertz CT molecular complexity index is 758. The minimum absolute atomic E-state index is 0.135. The van der Waals surface area contributed by atoms with Crippen molar-refractivity contribution >= 4 is 17.8 Å². The lowest BCUT2D eigenvalue weighted by Crippen LogP contribution is -2.43. The molecule has 2 heterocycles. The first-order valence-corrected chi connectivity index (χ1v) is 6.12. The summed E-state index contributed by atoms with van der Waals surface area (Å²) in [6.07, 6.45) is 1.77. The maximum Gasteiger partial charge on any atom is 0.328 e. The number of urea groups is 1. The molecule has 0 aliphatic rings. The van der Waals surface area contributed by atoms with Gasteiger partial charge < -0.3 is 4.57 Å². The van der Waals surface area contributed by atoms with Crippen LogP contribution < -0.4 is 10.6 Å². The summed E-state index contributed by atoms with van der Waals surface area (Å²) in [5.41, 5.74) is 0.135. The third kappa shape index (κ3) is 3.23. The van der Waals surface area contributed by atoms with Crippen molar-refractivity contribution in [2.45, 2.75) is 6.92 Å². The maximum absolute atomic E-state index is 11.8. The molecular weight excluding hydrogens is 290 g/mol. The molecule has 2 rings (SSSR count). The van der Waals surface area contributed by atoms with E-state index in [1.165, 1.54) is 6.92 Å². The van der Waals surface area contributed by atoms with Gasteiger partial charge in [-0.25, -0.2) is 4.79 Å². The average Bonchev–Trinajstić information content (AvgIpc) is 3.06. The molecular formula is C12H13N7O3. The van der Waals surface area contributed by atoms with E-state index in [-0.39, 0.29) is 11.4 Å². The molecule has 2 aromatic heterocycles. The number of amides is 4. The lowest BCUT2D eigenvalue weighted by molar-refractivity contribution is -0.116. The van der Waals surface area contributed by atoms with Crippen LogP contribution in [0.5, 0.6) is 0 Å². The molecule has 0 fully saturated rings. The Morgan fingerprint density at radius 3 is 2.59 bits per heavy atom. The highest BCUT2D eigenvalue weighted by molar-refractivity contribution is 6.09. The molecule has 2 N–H and O–H groups in total. The summed E-state index contributed by atoms with van der Waals surface area (Å²) in [5, 5.41) is 15.0. The van der Waals surface area contributed by atoms with E-state index >= 15 is 0 Å². The molecule has 0 bridgehead atoms. The second kappa shape index (κ2) is 5.99. The van der Waals surface area contributed by atoms with Crippen molar-refractivity contribution in [1.82, 2.24) is 35.4 Å². The van der Waals surface area contributed by atoms with Gasteiger partial charge in [0.2, 0.25) is 0 Å². The fourth-order valence-electron chi connectivity index (χ4n) is 1.46. The van der Waals surface area contributed by atoms with Crippen molar-refractivity contribution in [2.24, 2.45) is 7.05 Å². The van der Waals surface area contributed by atoms with E-state index in [4.69, 9.17) is 0 Å². The van der Waals surface area contributed by atoms with Crippen LogP contribution in [-0.2, 0) is 11.8 Å². The minimum Gasteiger partial charge on any atom is -0.335 e. The second-order valence-corrected chi connectivity index (χ2v) is 4.40. The standard InChI is InChI=1S/C12H13N7O3/c1-7(2)10(20)13-12(22)14-11(21)9-15-17-19(16-9)8-5-4-6-18(8)3/h4-6H,1H2,2-3H3,(H2,13,14,20,21,22). The molecule has 22 heavy (non-hydrogen) atoms. The summed E-state index contributed by atoms with van der Waals surface area (Å²) in [4.78, 5) is 35.6. The van der Waals surface area contributed by atoms with Crippen LogP contribution in [0.1, 0.15) is 17.5 Å². The fourth-order valence-corrected chi connectivity index (χ4v) is 1.46. The van der Waals surface area contributed by atoms with E-state index in [2.05, 4.69) is 22.0 Å². The third-order valence-electron chi connectivity index (χ3n) is 2.58. The van der Waals surface area contributed by atoms with Crippen molar-refractivity contribution in [3.05, 3.63) is 36.3 Å². The monoisotopic (exact) mass is 303 g/mol. The first kappa shape index (κ1) is 15.1. The molecule has 114 valence electrons. The van der Waals surface area contributed by atoms with E-state index < -0.39 is 17.8 Å². The number of aromatic nitrogens is 5. The molecule has 0 saturated heterocycles. The molecule has 2 aromatic rings. The maximum atomic E-state index is 11.8. The molecule has 4 amide bonds. The smallest absolute Gasteiger partial charge is 0.328 e. The molecule has 0 aliphatic heterocycles. The first-order valence-electron chi connectivity index (χ1n) is 6.12. The number of nitrogens with zero attached hydrogens (tertiary/aromatic N) is 5. The number of nitrogens with one attached hydrogen (secondary N) is 2. The highest BCUT2D eigenvalue weighted by atomic mass is 16.2. The number of aryl methyl sites for hydroxylation is 1. The van der Waals surface area contributed by atoms with Gasteiger partial charge in [-0.15, -0.1) is 15.0 Å². The normalized spacial score (nSPS) is 10.1. The molecule has 0 unspecified atom stereocenters. The Morgan fingerprint density at radius 2 is 2.00 bits per heavy atom.